The number of benzene rings is 1. The lowest BCUT2D eigenvalue weighted by molar-refractivity contribution is 0.102. The third kappa shape index (κ3) is 3.18. The number of hydrogen-bond donors (Lipinski definition) is 1. The number of carbonyl (C=O) groups is 1. The van der Waals surface area contributed by atoms with Gasteiger partial charge in [0.2, 0.25) is 0 Å². The van der Waals surface area contributed by atoms with Crippen LogP contribution in [0.1, 0.15) is 16.1 Å². The van der Waals surface area contributed by atoms with Crippen LogP contribution < -0.4 is 5.32 Å². The monoisotopic (exact) mass is 396 g/mol. The second-order valence-corrected chi connectivity index (χ2v) is 5.64. The molecule has 0 radical (unpaired) electrons. The smallest absolute Gasteiger partial charge is 0.258 e. The van der Waals surface area contributed by atoms with Crippen molar-refractivity contribution < 1.29 is 9.18 Å². The summed E-state index contributed by atoms with van der Waals surface area (Å²) in [4.78, 5) is 16.1. The molecule has 0 aliphatic rings. The average molecular weight is 397 g/mol. The zero-order valence-electron chi connectivity index (χ0n) is 8.91. The number of aromatic nitrogens is 1. The van der Waals surface area contributed by atoms with Crippen molar-refractivity contribution in [2.24, 2.45) is 0 Å². The second kappa shape index (κ2) is 5.94. The van der Waals surface area contributed by atoms with Crippen molar-refractivity contribution in [3.63, 3.8) is 0 Å². The van der Waals surface area contributed by atoms with Gasteiger partial charge in [-0.2, -0.15) is 0 Å². The van der Waals surface area contributed by atoms with E-state index in [0.717, 1.165) is 0 Å². The summed E-state index contributed by atoms with van der Waals surface area (Å²) in [6.45, 7) is 0. The Bertz CT molecular complexity index is 590. The van der Waals surface area contributed by atoms with Crippen molar-refractivity contribution in [2.45, 2.75) is 5.88 Å². The highest BCUT2D eigenvalue weighted by Crippen LogP contribution is 2.19. The summed E-state index contributed by atoms with van der Waals surface area (Å²) < 4.78 is 13.5. The topological polar surface area (TPSA) is 42.0 Å². The highest BCUT2D eigenvalue weighted by atomic mass is 127. The molecule has 0 spiro atoms. The molecule has 2 rings (SSSR count). The maximum atomic E-state index is 12.9. The van der Waals surface area contributed by atoms with E-state index in [4.69, 9.17) is 11.6 Å². The predicted octanol–water partition coefficient (Wildman–Crippen LogP) is 3.88. The van der Waals surface area contributed by atoms with E-state index in [1.165, 1.54) is 29.5 Å². The van der Waals surface area contributed by atoms with E-state index >= 15 is 0 Å². The van der Waals surface area contributed by atoms with Gasteiger partial charge in [-0.25, -0.2) is 9.37 Å². The minimum Gasteiger partial charge on any atom is -0.298 e. The third-order valence-electron chi connectivity index (χ3n) is 2.08. The summed E-state index contributed by atoms with van der Waals surface area (Å²) >= 11 is 8.84. The minimum absolute atomic E-state index is 0.306. The molecule has 1 heterocycles. The Hall–Kier alpha value is -0.730. The number of anilines is 1. The number of carbonyl (C=O) groups excluding carboxylic acids is 1. The summed E-state index contributed by atoms with van der Waals surface area (Å²) in [7, 11) is 0. The highest BCUT2D eigenvalue weighted by Gasteiger charge is 2.12. The summed E-state index contributed by atoms with van der Waals surface area (Å²) in [6, 6.07) is 4.01. The van der Waals surface area contributed by atoms with Crippen LogP contribution in [0.15, 0.2) is 23.6 Å². The first-order valence-corrected chi connectivity index (χ1v) is 7.36. The molecular formula is C11H7ClFIN2OS. The van der Waals surface area contributed by atoms with Crippen molar-refractivity contribution >= 4 is 56.6 Å². The highest BCUT2D eigenvalue weighted by molar-refractivity contribution is 14.1. The van der Waals surface area contributed by atoms with E-state index in [9.17, 15) is 9.18 Å². The Balaban J connectivity index is 2.16. The number of amides is 1. The number of halogens is 3. The molecule has 1 aromatic heterocycles. The normalized spacial score (nSPS) is 10.4. The number of rotatable bonds is 3. The first-order chi connectivity index (χ1) is 8.60. The van der Waals surface area contributed by atoms with Crippen LogP contribution in [0.4, 0.5) is 9.52 Å². The standard InChI is InChI=1S/C11H7ClFIN2OS/c12-4-7-5-18-11(15-7)16-10(17)8-2-1-6(13)3-9(8)14/h1-3,5H,4H2,(H,15,16,17). The van der Waals surface area contributed by atoms with Crippen molar-refractivity contribution in [1.29, 1.82) is 0 Å². The van der Waals surface area contributed by atoms with Gasteiger partial charge in [0.25, 0.3) is 5.91 Å². The molecule has 0 atom stereocenters. The lowest BCUT2D eigenvalue weighted by atomic mass is 10.2. The van der Waals surface area contributed by atoms with E-state index in [1.807, 2.05) is 22.6 Å². The van der Waals surface area contributed by atoms with Gasteiger partial charge in [-0.3, -0.25) is 10.1 Å². The van der Waals surface area contributed by atoms with Crippen LogP contribution in [0.2, 0.25) is 0 Å². The van der Waals surface area contributed by atoms with Crippen LogP contribution in [0.3, 0.4) is 0 Å². The molecule has 94 valence electrons. The van der Waals surface area contributed by atoms with Crippen LogP contribution >= 0.6 is 45.5 Å². The van der Waals surface area contributed by atoms with Crippen LogP contribution in [0.5, 0.6) is 0 Å². The van der Waals surface area contributed by atoms with Crippen molar-refractivity contribution in [1.82, 2.24) is 4.98 Å². The van der Waals surface area contributed by atoms with Gasteiger partial charge < -0.3 is 0 Å². The van der Waals surface area contributed by atoms with Crippen LogP contribution in [-0.2, 0) is 5.88 Å². The van der Waals surface area contributed by atoms with Gasteiger partial charge in [-0.05, 0) is 40.8 Å². The molecule has 3 nitrogen and oxygen atoms in total. The number of alkyl halides is 1. The predicted molar refractivity (Wildman–Crippen MR) is 78.7 cm³/mol. The van der Waals surface area contributed by atoms with Gasteiger partial charge in [0.15, 0.2) is 5.13 Å². The maximum Gasteiger partial charge on any atom is 0.258 e. The number of hydrogen-bond acceptors (Lipinski definition) is 3. The zero-order chi connectivity index (χ0) is 13.1. The lowest BCUT2D eigenvalue weighted by Gasteiger charge is -2.04. The minimum atomic E-state index is -0.366. The molecule has 0 saturated heterocycles. The molecule has 2 aromatic rings. The first-order valence-electron chi connectivity index (χ1n) is 4.87. The fraction of sp³-hybridized carbons (Fsp3) is 0.0909. The van der Waals surface area contributed by atoms with Crippen molar-refractivity contribution in [3.05, 3.63) is 44.2 Å². The fourth-order valence-corrected chi connectivity index (χ4v) is 2.92. The van der Waals surface area contributed by atoms with Crippen molar-refractivity contribution in [3.8, 4) is 0 Å². The quantitative estimate of drug-likeness (QED) is 0.632. The summed E-state index contributed by atoms with van der Waals surface area (Å²) in [5.74, 6) is -0.370. The summed E-state index contributed by atoms with van der Waals surface area (Å²) in [5, 5.41) is 4.91. The Kier molecular flexibility index (Phi) is 4.52. The molecule has 0 saturated carbocycles. The molecule has 1 amide bonds. The van der Waals surface area contributed by atoms with Crippen LogP contribution in [0.25, 0.3) is 0 Å². The van der Waals surface area contributed by atoms with E-state index in [0.29, 0.717) is 25.8 Å². The molecule has 1 aromatic carbocycles. The van der Waals surface area contributed by atoms with Gasteiger partial charge >= 0.3 is 0 Å². The summed E-state index contributed by atoms with van der Waals surface area (Å²) in [5.41, 5.74) is 1.13. The maximum absolute atomic E-state index is 12.9. The van der Waals surface area contributed by atoms with Gasteiger partial charge in [0.05, 0.1) is 17.1 Å². The first kappa shape index (κ1) is 13.7. The van der Waals surface area contributed by atoms with E-state index in [2.05, 4.69) is 10.3 Å². The molecule has 0 bridgehead atoms. The Labute approximate surface area is 126 Å². The van der Waals surface area contributed by atoms with Gasteiger partial charge in [0, 0.05) is 8.95 Å². The number of nitrogens with zero attached hydrogens (tertiary/aromatic N) is 1. The SMILES string of the molecule is O=C(Nc1nc(CCl)cs1)c1ccc(F)cc1I. The van der Waals surface area contributed by atoms with E-state index < -0.39 is 0 Å². The van der Waals surface area contributed by atoms with Crippen molar-refractivity contribution in [2.75, 3.05) is 5.32 Å². The molecule has 7 heteroatoms. The van der Waals surface area contributed by atoms with E-state index in [-0.39, 0.29) is 11.7 Å². The Morgan fingerprint density at radius 1 is 1.56 bits per heavy atom. The number of nitrogens with one attached hydrogen (secondary N) is 1. The van der Waals surface area contributed by atoms with E-state index in [1.54, 1.807) is 5.38 Å². The molecule has 1 N–H and O–H groups in total. The second-order valence-electron chi connectivity index (χ2n) is 3.36. The van der Waals surface area contributed by atoms with Crippen LogP contribution in [-0.4, -0.2) is 10.9 Å². The largest absolute Gasteiger partial charge is 0.298 e. The lowest BCUT2D eigenvalue weighted by Crippen LogP contribution is -2.13. The van der Waals surface area contributed by atoms with Gasteiger partial charge in [-0.15, -0.1) is 22.9 Å². The molecule has 0 aliphatic heterocycles. The molecule has 18 heavy (non-hydrogen) atoms. The Morgan fingerprint density at radius 3 is 2.94 bits per heavy atom. The van der Waals surface area contributed by atoms with Gasteiger partial charge in [0.1, 0.15) is 5.82 Å². The fourth-order valence-electron chi connectivity index (χ4n) is 1.26. The molecule has 0 fully saturated rings. The van der Waals surface area contributed by atoms with Gasteiger partial charge in [-0.1, -0.05) is 0 Å². The molecule has 0 aliphatic carbocycles. The summed E-state index contributed by atoms with van der Waals surface area (Å²) in [6.07, 6.45) is 0. The molecular weight excluding hydrogens is 390 g/mol. The molecule has 0 unspecified atom stereocenters. The van der Waals surface area contributed by atoms with Crippen LogP contribution in [0, 0.1) is 9.39 Å². The zero-order valence-corrected chi connectivity index (χ0v) is 12.6. The Morgan fingerprint density at radius 2 is 2.33 bits per heavy atom. The number of thiazole rings is 1. The third-order valence-corrected chi connectivity index (χ3v) is 4.06. The average Bonchev–Trinajstić information content (AvgIpc) is 2.76.